The second-order valence-electron chi connectivity index (χ2n) is 7.07. The van der Waals surface area contributed by atoms with Crippen LogP contribution < -0.4 is 0 Å². The molecule has 3 aliphatic rings. The molecule has 5 heteroatoms. The minimum Gasteiger partial charge on any atom is -0.463 e. The molecular formula is C19H21NO4. The third-order valence-electron chi connectivity index (χ3n) is 5.02. The van der Waals surface area contributed by atoms with E-state index in [1.165, 1.54) is 0 Å². The number of nitrogens with zero attached hydrogens (tertiary/aromatic N) is 1. The van der Waals surface area contributed by atoms with Gasteiger partial charge in [-0.25, -0.2) is 0 Å². The van der Waals surface area contributed by atoms with Crippen molar-refractivity contribution < 1.29 is 19.1 Å². The van der Waals surface area contributed by atoms with Gasteiger partial charge in [0, 0.05) is 6.54 Å². The zero-order valence-electron chi connectivity index (χ0n) is 13.8. The van der Waals surface area contributed by atoms with Crippen LogP contribution in [0.5, 0.6) is 0 Å². The first-order valence-corrected chi connectivity index (χ1v) is 8.40. The van der Waals surface area contributed by atoms with Crippen LogP contribution in [0.25, 0.3) is 0 Å². The van der Waals surface area contributed by atoms with Crippen molar-refractivity contribution in [2.45, 2.75) is 38.2 Å². The Hall–Kier alpha value is -2.14. The fourth-order valence-corrected chi connectivity index (χ4v) is 4.10. The van der Waals surface area contributed by atoms with Crippen LogP contribution in [0.3, 0.4) is 0 Å². The molecule has 2 saturated heterocycles. The number of ether oxygens (including phenoxy) is 2. The van der Waals surface area contributed by atoms with E-state index in [1.807, 2.05) is 56.3 Å². The third-order valence-corrected chi connectivity index (χ3v) is 5.02. The van der Waals surface area contributed by atoms with Gasteiger partial charge in [-0.15, -0.1) is 0 Å². The summed E-state index contributed by atoms with van der Waals surface area (Å²) in [7, 11) is 0. The summed E-state index contributed by atoms with van der Waals surface area (Å²) in [5.41, 5.74) is 0.402. The molecular weight excluding hydrogens is 306 g/mol. The minimum absolute atomic E-state index is 0.0172. The molecule has 24 heavy (non-hydrogen) atoms. The Morgan fingerprint density at radius 3 is 2.83 bits per heavy atom. The molecule has 0 aliphatic carbocycles. The number of rotatable bonds is 4. The van der Waals surface area contributed by atoms with Crippen LogP contribution in [0, 0.1) is 11.8 Å². The Balaban J connectivity index is 1.58. The first kappa shape index (κ1) is 15.4. The average molecular weight is 327 g/mol. The summed E-state index contributed by atoms with van der Waals surface area (Å²) in [6, 6.07) is 9.86. The second-order valence-corrected chi connectivity index (χ2v) is 7.07. The van der Waals surface area contributed by atoms with Gasteiger partial charge < -0.3 is 14.4 Å². The van der Waals surface area contributed by atoms with E-state index in [4.69, 9.17) is 9.47 Å². The van der Waals surface area contributed by atoms with Gasteiger partial charge in [0.15, 0.2) is 0 Å². The SMILES string of the molecule is CC(C)OC(=O)C1C2C=CC3(CN(Cc4ccccc4)C(=O)C13)O2. The van der Waals surface area contributed by atoms with Crippen LogP contribution in [0.4, 0.5) is 0 Å². The maximum atomic E-state index is 13.0. The second kappa shape index (κ2) is 5.45. The Morgan fingerprint density at radius 2 is 2.12 bits per heavy atom. The number of carbonyl (C=O) groups is 2. The summed E-state index contributed by atoms with van der Waals surface area (Å²) >= 11 is 0. The van der Waals surface area contributed by atoms with Crippen LogP contribution >= 0.6 is 0 Å². The molecule has 126 valence electrons. The van der Waals surface area contributed by atoms with E-state index in [9.17, 15) is 9.59 Å². The van der Waals surface area contributed by atoms with Crippen LogP contribution in [-0.4, -0.2) is 41.1 Å². The Bertz CT molecular complexity index is 699. The first-order chi connectivity index (χ1) is 11.5. The van der Waals surface area contributed by atoms with E-state index in [1.54, 1.807) is 4.90 Å². The van der Waals surface area contributed by atoms with Gasteiger partial charge in [0.1, 0.15) is 11.5 Å². The fraction of sp³-hybridized carbons (Fsp3) is 0.474. The monoisotopic (exact) mass is 327 g/mol. The zero-order chi connectivity index (χ0) is 16.9. The van der Waals surface area contributed by atoms with Crippen molar-refractivity contribution in [2.75, 3.05) is 6.54 Å². The topological polar surface area (TPSA) is 55.8 Å². The molecule has 5 nitrogen and oxygen atoms in total. The molecule has 4 atom stereocenters. The number of esters is 1. The molecule has 0 N–H and O–H groups in total. The summed E-state index contributed by atoms with van der Waals surface area (Å²) in [5, 5.41) is 0. The lowest BCUT2D eigenvalue weighted by atomic mass is 9.77. The summed E-state index contributed by atoms with van der Waals surface area (Å²) in [6.07, 6.45) is 3.32. The van der Waals surface area contributed by atoms with E-state index >= 15 is 0 Å². The van der Waals surface area contributed by atoms with Crippen molar-refractivity contribution in [2.24, 2.45) is 11.8 Å². The van der Waals surface area contributed by atoms with Crippen LogP contribution in [0.2, 0.25) is 0 Å². The number of carbonyl (C=O) groups excluding carboxylic acids is 2. The van der Waals surface area contributed by atoms with Gasteiger partial charge in [-0.1, -0.05) is 42.5 Å². The van der Waals surface area contributed by atoms with Gasteiger partial charge in [-0.2, -0.15) is 0 Å². The highest BCUT2D eigenvalue weighted by atomic mass is 16.6. The highest BCUT2D eigenvalue weighted by Crippen LogP contribution is 2.52. The van der Waals surface area contributed by atoms with Gasteiger partial charge in [-0.3, -0.25) is 9.59 Å². The molecule has 3 heterocycles. The quantitative estimate of drug-likeness (QED) is 0.626. The maximum Gasteiger partial charge on any atom is 0.313 e. The van der Waals surface area contributed by atoms with Gasteiger partial charge >= 0.3 is 5.97 Å². The predicted molar refractivity (Wildman–Crippen MR) is 86.8 cm³/mol. The van der Waals surface area contributed by atoms with Crippen molar-refractivity contribution in [1.82, 2.24) is 4.90 Å². The van der Waals surface area contributed by atoms with Crippen molar-refractivity contribution in [1.29, 1.82) is 0 Å². The smallest absolute Gasteiger partial charge is 0.313 e. The third kappa shape index (κ3) is 2.26. The zero-order valence-corrected chi connectivity index (χ0v) is 13.8. The molecule has 3 aliphatic heterocycles. The molecule has 1 aromatic rings. The van der Waals surface area contributed by atoms with Gasteiger partial charge in [-0.05, 0) is 19.4 Å². The van der Waals surface area contributed by atoms with Crippen LogP contribution in [-0.2, 0) is 25.6 Å². The molecule has 0 aromatic heterocycles. The van der Waals surface area contributed by atoms with Gasteiger partial charge in [0.25, 0.3) is 0 Å². The summed E-state index contributed by atoms with van der Waals surface area (Å²) in [6.45, 7) is 4.65. The van der Waals surface area contributed by atoms with E-state index < -0.39 is 17.4 Å². The number of hydrogen-bond acceptors (Lipinski definition) is 4. The van der Waals surface area contributed by atoms with Crippen LogP contribution in [0.15, 0.2) is 42.5 Å². The van der Waals surface area contributed by atoms with Crippen molar-refractivity contribution in [3.63, 3.8) is 0 Å². The number of likely N-dealkylation sites (tertiary alicyclic amines) is 1. The number of amides is 1. The molecule has 2 bridgehead atoms. The molecule has 1 spiro atoms. The normalized spacial score (nSPS) is 33.4. The lowest BCUT2D eigenvalue weighted by Crippen LogP contribution is -2.40. The number of fused-ring (bicyclic) bond motifs is 1. The Kier molecular flexibility index (Phi) is 3.49. The molecule has 1 amide bonds. The lowest BCUT2D eigenvalue weighted by Gasteiger charge is -2.23. The predicted octanol–water partition coefficient (Wildman–Crippen LogP) is 1.92. The molecule has 0 saturated carbocycles. The summed E-state index contributed by atoms with van der Waals surface area (Å²) in [4.78, 5) is 27.3. The van der Waals surface area contributed by atoms with E-state index in [0.29, 0.717) is 13.1 Å². The molecule has 1 aromatic carbocycles. The van der Waals surface area contributed by atoms with E-state index in [2.05, 4.69) is 0 Å². The van der Waals surface area contributed by atoms with Crippen molar-refractivity contribution in [3.05, 3.63) is 48.0 Å². The highest BCUT2D eigenvalue weighted by Gasteiger charge is 2.67. The van der Waals surface area contributed by atoms with Gasteiger partial charge in [0.2, 0.25) is 5.91 Å². The van der Waals surface area contributed by atoms with Crippen molar-refractivity contribution >= 4 is 11.9 Å². The molecule has 4 unspecified atom stereocenters. The van der Waals surface area contributed by atoms with E-state index in [0.717, 1.165) is 5.56 Å². The largest absolute Gasteiger partial charge is 0.463 e. The minimum atomic E-state index is -0.669. The van der Waals surface area contributed by atoms with Gasteiger partial charge in [0.05, 0.1) is 24.7 Å². The first-order valence-electron chi connectivity index (χ1n) is 8.40. The molecule has 2 fully saturated rings. The Labute approximate surface area is 141 Å². The standard InChI is InChI=1S/C19H21NO4/c1-12(2)23-18(22)15-14-8-9-19(24-14)11-20(17(21)16(15)19)10-13-6-4-3-5-7-13/h3-9,12,14-16H,10-11H2,1-2H3. The number of hydrogen-bond donors (Lipinski definition) is 0. The summed E-state index contributed by atoms with van der Waals surface area (Å²) < 4.78 is 11.4. The fourth-order valence-electron chi connectivity index (χ4n) is 4.10. The lowest BCUT2D eigenvalue weighted by molar-refractivity contribution is -0.157. The Morgan fingerprint density at radius 1 is 1.38 bits per heavy atom. The highest BCUT2D eigenvalue weighted by molar-refractivity contribution is 5.91. The van der Waals surface area contributed by atoms with E-state index in [-0.39, 0.29) is 24.1 Å². The molecule has 4 rings (SSSR count). The van der Waals surface area contributed by atoms with Crippen LogP contribution in [0.1, 0.15) is 19.4 Å². The van der Waals surface area contributed by atoms with Crippen molar-refractivity contribution in [3.8, 4) is 0 Å². The number of benzene rings is 1. The molecule has 0 radical (unpaired) electrons. The average Bonchev–Trinajstić information content (AvgIpc) is 3.16. The summed E-state index contributed by atoms with van der Waals surface area (Å²) in [5.74, 6) is -1.36. The maximum absolute atomic E-state index is 13.0.